The number of fused-ring (bicyclic) bond motifs is 1. The fourth-order valence-electron chi connectivity index (χ4n) is 1.29. The summed E-state index contributed by atoms with van der Waals surface area (Å²) in [6.45, 7) is 3.68. The van der Waals surface area contributed by atoms with Gasteiger partial charge < -0.3 is 4.98 Å². The Hall–Kier alpha value is -0.610. The van der Waals surface area contributed by atoms with Crippen LogP contribution in [0.1, 0.15) is 5.82 Å². The van der Waals surface area contributed by atoms with E-state index in [0.717, 1.165) is 32.2 Å². The smallest absolute Gasteiger partial charge is 0.111 e. The molecule has 0 aliphatic carbocycles. The Morgan fingerprint density at radius 1 is 1.36 bits per heavy atom. The van der Waals surface area contributed by atoms with Gasteiger partial charge in [-0.05, 0) is 44.0 Å². The van der Waals surface area contributed by atoms with Gasteiger partial charge >= 0.3 is 0 Å². The van der Waals surface area contributed by atoms with Crippen LogP contribution in [0.4, 0.5) is 0 Å². The van der Waals surface area contributed by atoms with Crippen LogP contribution in [0.15, 0.2) is 33.7 Å². The maximum atomic E-state index is 4.43. The molecule has 0 saturated heterocycles. The van der Waals surface area contributed by atoms with Gasteiger partial charge in [0.05, 0.1) is 11.0 Å². The first kappa shape index (κ1) is 9.93. The summed E-state index contributed by atoms with van der Waals surface area (Å²) in [4.78, 5) is 7.66. The molecular formula is C10H8Br2N2. The molecule has 0 radical (unpaired) electrons. The molecule has 0 amide bonds. The lowest BCUT2D eigenvalue weighted by Gasteiger charge is -1.93. The highest BCUT2D eigenvalue weighted by Crippen LogP contribution is 2.27. The number of halogens is 2. The molecule has 1 heterocycles. The molecule has 1 aromatic heterocycles. The second kappa shape index (κ2) is 3.87. The van der Waals surface area contributed by atoms with E-state index < -0.39 is 0 Å². The van der Waals surface area contributed by atoms with E-state index in [4.69, 9.17) is 0 Å². The number of hydrogen-bond donors (Lipinski definition) is 1. The van der Waals surface area contributed by atoms with Crippen molar-refractivity contribution < 1.29 is 0 Å². The third-order valence-electron chi connectivity index (χ3n) is 1.91. The molecule has 1 N–H and O–H groups in total. The molecular weight excluding hydrogens is 308 g/mol. The molecule has 0 atom stereocenters. The highest BCUT2D eigenvalue weighted by molar-refractivity contribution is 9.13. The first-order valence-corrected chi connectivity index (χ1v) is 5.74. The maximum Gasteiger partial charge on any atom is 0.111 e. The number of nitrogens with one attached hydrogen (secondary N) is 1. The van der Waals surface area contributed by atoms with Crippen LogP contribution in [0.5, 0.6) is 0 Å². The van der Waals surface area contributed by atoms with Crippen LogP contribution in [0.25, 0.3) is 11.0 Å². The molecule has 0 spiro atoms. The van der Waals surface area contributed by atoms with E-state index in [1.165, 1.54) is 0 Å². The zero-order valence-electron chi connectivity index (χ0n) is 7.35. The number of hydrogen-bond acceptors (Lipinski definition) is 1. The standard InChI is InChI=1S/C10H8Br2N2/c1-2-3-10-13-8-4-6(11)7(12)5-9(8)14-10/h2,4-5H,1,3H2,(H,13,14). The predicted molar refractivity (Wildman–Crippen MR) is 65.4 cm³/mol. The third kappa shape index (κ3) is 1.77. The van der Waals surface area contributed by atoms with E-state index in [2.05, 4.69) is 48.4 Å². The second-order valence-electron chi connectivity index (χ2n) is 2.96. The number of rotatable bonds is 2. The Balaban J connectivity index is 2.59. The molecule has 0 saturated carbocycles. The zero-order valence-corrected chi connectivity index (χ0v) is 10.5. The Morgan fingerprint density at radius 2 is 2.07 bits per heavy atom. The third-order valence-corrected chi connectivity index (χ3v) is 3.75. The fraction of sp³-hybridized carbons (Fsp3) is 0.100. The fourth-order valence-corrected chi connectivity index (χ4v) is 1.97. The van der Waals surface area contributed by atoms with Gasteiger partial charge in [-0.15, -0.1) is 6.58 Å². The summed E-state index contributed by atoms with van der Waals surface area (Å²) in [6.07, 6.45) is 2.60. The Bertz CT molecular complexity index is 449. The minimum absolute atomic E-state index is 0.768. The second-order valence-corrected chi connectivity index (χ2v) is 4.67. The Labute approximate surface area is 98.7 Å². The molecule has 72 valence electrons. The topological polar surface area (TPSA) is 28.7 Å². The Morgan fingerprint density at radius 3 is 2.79 bits per heavy atom. The predicted octanol–water partition coefficient (Wildman–Crippen LogP) is 3.82. The molecule has 0 bridgehead atoms. The van der Waals surface area contributed by atoms with Gasteiger partial charge in [-0.25, -0.2) is 4.98 Å². The lowest BCUT2D eigenvalue weighted by atomic mass is 10.3. The van der Waals surface area contributed by atoms with Crippen LogP contribution in [0.3, 0.4) is 0 Å². The van der Waals surface area contributed by atoms with Crippen molar-refractivity contribution >= 4 is 42.9 Å². The quantitative estimate of drug-likeness (QED) is 0.839. The summed E-state index contributed by atoms with van der Waals surface area (Å²) in [5, 5.41) is 0. The van der Waals surface area contributed by atoms with Gasteiger partial charge in [0.2, 0.25) is 0 Å². The largest absolute Gasteiger partial charge is 0.342 e. The number of nitrogens with zero attached hydrogens (tertiary/aromatic N) is 1. The number of aromatic nitrogens is 2. The van der Waals surface area contributed by atoms with Gasteiger partial charge in [-0.2, -0.15) is 0 Å². The van der Waals surface area contributed by atoms with E-state index in [1.807, 2.05) is 18.2 Å². The number of allylic oxidation sites excluding steroid dienone is 1. The molecule has 0 aliphatic rings. The number of benzene rings is 1. The number of H-pyrrole nitrogens is 1. The Kier molecular flexibility index (Phi) is 2.74. The van der Waals surface area contributed by atoms with Gasteiger partial charge in [0, 0.05) is 15.4 Å². The van der Waals surface area contributed by atoms with Gasteiger partial charge in [0.1, 0.15) is 5.82 Å². The molecule has 0 unspecified atom stereocenters. The minimum Gasteiger partial charge on any atom is -0.342 e. The van der Waals surface area contributed by atoms with Crippen LogP contribution >= 0.6 is 31.9 Å². The van der Waals surface area contributed by atoms with Crippen molar-refractivity contribution in [1.82, 2.24) is 9.97 Å². The van der Waals surface area contributed by atoms with E-state index in [9.17, 15) is 0 Å². The molecule has 4 heteroatoms. The summed E-state index contributed by atoms with van der Waals surface area (Å²) in [7, 11) is 0. The summed E-state index contributed by atoms with van der Waals surface area (Å²) >= 11 is 6.89. The summed E-state index contributed by atoms with van der Waals surface area (Å²) in [6, 6.07) is 4.00. The lowest BCUT2D eigenvalue weighted by Crippen LogP contribution is -1.81. The van der Waals surface area contributed by atoms with Crippen molar-refractivity contribution in [3.05, 3.63) is 39.6 Å². The zero-order chi connectivity index (χ0) is 10.1. The summed E-state index contributed by atoms with van der Waals surface area (Å²) < 4.78 is 2.04. The average Bonchev–Trinajstić information content (AvgIpc) is 2.48. The normalized spacial score (nSPS) is 10.7. The van der Waals surface area contributed by atoms with Gasteiger partial charge in [0.15, 0.2) is 0 Å². The summed E-state index contributed by atoms with van der Waals surface area (Å²) in [5.41, 5.74) is 2.01. The van der Waals surface area contributed by atoms with Gasteiger partial charge in [0.25, 0.3) is 0 Å². The van der Waals surface area contributed by atoms with Crippen molar-refractivity contribution in [2.45, 2.75) is 6.42 Å². The number of imidazole rings is 1. The van der Waals surface area contributed by atoms with E-state index in [1.54, 1.807) is 0 Å². The molecule has 1 aromatic carbocycles. The highest BCUT2D eigenvalue weighted by Gasteiger charge is 2.04. The monoisotopic (exact) mass is 314 g/mol. The first-order chi connectivity index (χ1) is 6.70. The number of aromatic amines is 1. The lowest BCUT2D eigenvalue weighted by molar-refractivity contribution is 1.07. The molecule has 2 aromatic rings. The van der Waals surface area contributed by atoms with Crippen molar-refractivity contribution in [2.75, 3.05) is 0 Å². The minimum atomic E-state index is 0.768. The molecule has 0 fully saturated rings. The SMILES string of the molecule is C=CCc1nc2cc(Br)c(Br)cc2[nH]1. The van der Waals surface area contributed by atoms with E-state index >= 15 is 0 Å². The van der Waals surface area contributed by atoms with Crippen LogP contribution < -0.4 is 0 Å². The van der Waals surface area contributed by atoms with Crippen LogP contribution in [-0.4, -0.2) is 9.97 Å². The molecule has 2 rings (SSSR count). The van der Waals surface area contributed by atoms with Crippen molar-refractivity contribution in [2.24, 2.45) is 0 Å². The average molecular weight is 316 g/mol. The first-order valence-electron chi connectivity index (χ1n) is 4.15. The van der Waals surface area contributed by atoms with Crippen LogP contribution in [0, 0.1) is 0 Å². The van der Waals surface area contributed by atoms with Crippen molar-refractivity contribution in [3.8, 4) is 0 Å². The van der Waals surface area contributed by atoms with Gasteiger partial charge in [-0.3, -0.25) is 0 Å². The highest BCUT2D eigenvalue weighted by atomic mass is 79.9. The van der Waals surface area contributed by atoms with Gasteiger partial charge in [-0.1, -0.05) is 6.08 Å². The van der Waals surface area contributed by atoms with Crippen molar-refractivity contribution in [3.63, 3.8) is 0 Å². The molecule has 2 nitrogen and oxygen atoms in total. The van der Waals surface area contributed by atoms with Crippen LogP contribution in [0.2, 0.25) is 0 Å². The van der Waals surface area contributed by atoms with E-state index in [0.29, 0.717) is 0 Å². The van der Waals surface area contributed by atoms with Crippen LogP contribution in [-0.2, 0) is 6.42 Å². The molecule has 0 aliphatic heterocycles. The molecule has 14 heavy (non-hydrogen) atoms. The summed E-state index contributed by atoms with van der Waals surface area (Å²) in [5.74, 6) is 0.944. The van der Waals surface area contributed by atoms with Crippen molar-refractivity contribution in [1.29, 1.82) is 0 Å². The van der Waals surface area contributed by atoms with E-state index in [-0.39, 0.29) is 0 Å². The maximum absolute atomic E-state index is 4.43.